The van der Waals surface area contributed by atoms with Gasteiger partial charge in [0.2, 0.25) is 0 Å². The first-order valence-corrected chi connectivity index (χ1v) is 7.62. The van der Waals surface area contributed by atoms with Crippen LogP contribution in [0.3, 0.4) is 0 Å². The van der Waals surface area contributed by atoms with E-state index in [-0.39, 0.29) is 24.0 Å². The van der Waals surface area contributed by atoms with Crippen molar-refractivity contribution in [3.8, 4) is 6.07 Å². The SMILES string of the molecule is N#Cc1c[nH]c(C(=O)N[C@H](Cc2ccncc2)C2CC(O)C2)c1. The zero-order valence-electron chi connectivity index (χ0n) is 12.6. The van der Waals surface area contributed by atoms with Gasteiger partial charge in [0.05, 0.1) is 11.7 Å². The van der Waals surface area contributed by atoms with Gasteiger partial charge in [-0.3, -0.25) is 9.78 Å². The highest BCUT2D eigenvalue weighted by molar-refractivity contribution is 5.93. The van der Waals surface area contributed by atoms with Crippen molar-refractivity contribution in [3.63, 3.8) is 0 Å². The van der Waals surface area contributed by atoms with Gasteiger partial charge in [0, 0.05) is 24.6 Å². The minimum Gasteiger partial charge on any atom is -0.393 e. The Morgan fingerprint density at radius 1 is 1.48 bits per heavy atom. The highest BCUT2D eigenvalue weighted by Crippen LogP contribution is 2.31. The van der Waals surface area contributed by atoms with Crippen LogP contribution in [-0.4, -0.2) is 33.1 Å². The fourth-order valence-electron chi connectivity index (χ4n) is 2.90. The topological polar surface area (TPSA) is 102 Å². The molecule has 3 rings (SSSR count). The van der Waals surface area contributed by atoms with Gasteiger partial charge in [-0.2, -0.15) is 5.26 Å². The number of aromatic amines is 1. The summed E-state index contributed by atoms with van der Waals surface area (Å²) in [4.78, 5) is 19.2. The number of nitrogens with one attached hydrogen (secondary N) is 2. The number of pyridine rings is 1. The Bertz CT molecular complexity index is 714. The number of nitriles is 1. The number of carbonyl (C=O) groups excluding carboxylic acids is 1. The van der Waals surface area contributed by atoms with Crippen LogP contribution >= 0.6 is 0 Å². The van der Waals surface area contributed by atoms with E-state index in [9.17, 15) is 9.90 Å². The fraction of sp³-hybridized carbons (Fsp3) is 0.353. The lowest BCUT2D eigenvalue weighted by Crippen LogP contribution is -2.48. The molecule has 1 aliphatic carbocycles. The maximum Gasteiger partial charge on any atom is 0.267 e. The van der Waals surface area contributed by atoms with Crippen molar-refractivity contribution in [2.75, 3.05) is 0 Å². The molecule has 2 aromatic heterocycles. The Kier molecular flexibility index (Phi) is 4.40. The van der Waals surface area contributed by atoms with Gasteiger partial charge >= 0.3 is 0 Å². The number of hydrogen-bond donors (Lipinski definition) is 3. The Morgan fingerprint density at radius 2 is 2.22 bits per heavy atom. The van der Waals surface area contributed by atoms with Gasteiger partial charge < -0.3 is 15.4 Å². The molecule has 2 aromatic rings. The number of amides is 1. The molecular formula is C17H18N4O2. The Balaban J connectivity index is 1.70. The van der Waals surface area contributed by atoms with Crippen molar-refractivity contribution in [1.29, 1.82) is 5.26 Å². The number of nitrogens with zero attached hydrogens (tertiary/aromatic N) is 2. The molecule has 0 saturated heterocycles. The van der Waals surface area contributed by atoms with E-state index in [1.54, 1.807) is 12.4 Å². The van der Waals surface area contributed by atoms with Crippen LogP contribution in [0, 0.1) is 17.2 Å². The molecule has 1 atom stereocenters. The Hall–Kier alpha value is -2.65. The predicted octanol–water partition coefficient (Wildman–Crippen LogP) is 1.39. The van der Waals surface area contributed by atoms with Crippen LogP contribution in [0.4, 0.5) is 0 Å². The van der Waals surface area contributed by atoms with Gasteiger partial charge in [-0.15, -0.1) is 0 Å². The first-order valence-electron chi connectivity index (χ1n) is 7.62. The molecule has 118 valence electrons. The standard InChI is InChI=1S/C17H18N4O2/c18-9-12-6-16(20-10-12)17(23)21-15(13-7-14(22)8-13)5-11-1-3-19-4-2-11/h1-4,6,10,13-15,20,22H,5,7-8H2,(H,21,23)/t13?,14?,15-/m1/s1. The molecular weight excluding hydrogens is 292 g/mol. The van der Waals surface area contributed by atoms with Crippen molar-refractivity contribution in [1.82, 2.24) is 15.3 Å². The van der Waals surface area contributed by atoms with E-state index in [0.29, 0.717) is 30.5 Å². The molecule has 23 heavy (non-hydrogen) atoms. The third-order valence-electron chi connectivity index (χ3n) is 4.30. The summed E-state index contributed by atoms with van der Waals surface area (Å²) in [5.74, 6) is 0.0273. The molecule has 6 nitrogen and oxygen atoms in total. The first kappa shape index (κ1) is 15.3. The third kappa shape index (κ3) is 3.58. The normalized spacial score (nSPS) is 21.0. The zero-order valence-corrected chi connectivity index (χ0v) is 12.6. The van der Waals surface area contributed by atoms with Gasteiger partial charge in [-0.25, -0.2) is 0 Å². The van der Waals surface area contributed by atoms with Crippen LogP contribution in [-0.2, 0) is 6.42 Å². The molecule has 0 aliphatic heterocycles. The second kappa shape index (κ2) is 6.63. The van der Waals surface area contributed by atoms with E-state index in [1.807, 2.05) is 18.2 Å². The summed E-state index contributed by atoms with van der Waals surface area (Å²) in [6, 6.07) is 7.33. The number of aliphatic hydroxyl groups is 1. The number of H-pyrrole nitrogens is 1. The molecule has 1 fully saturated rings. The molecule has 0 unspecified atom stereocenters. The lowest BCUT2D eigenvalue weighted by molar-refractivity contribution is 0.0239. The zero-order chi connectivity index (χ0) is 16.2. The molecule has 2 heterocycles. The van der Waals surface area contributed by atoms with E-state index < -0.39 is 0 Å². The van der Waals surface area contributed by atoms with Gasteiger partial charge in [0.15, 0.2) is 0 Å². The molecule has 0 spiro atoms. The quantitative estimate of drug-likeness (QED) is 0.776. The van der Waals surface area contributed by atoms with Crippen LogP contribution < -0.4 is 5.32 Å². The average molecular weight is 310 g/mol. The van der Waals surface area contributed by atoms with Crippen LogP contribution in [0.1, 0.15) is 34.5 Å². The van der Waals surface area contributed by atoms with Gasteiger partial charge in [0.25, 0.3) is 5.91 Å². The average Bonchev–Trinajstić information content (AvgIpc) is 3.01. The molecule has 3 N–H and O–H groups in total. The molecule has 1 aliphatic rings. The second-order valence-corrected chi connectivity index (χ2v) is 5.94. The number of aromatic nitrogens is 2. The maximum absolute atomic E-state index is 12.4. The van der Waals surface area contributed by atoms with Crippen molar-refractivity contribution >= 4 is 5.91 Å². The maximum atomic E-state index is 12.4. The highest BCUT2D eigenvalue weighted by Gasteiger charge is 2.35. The Labute approximate surface area is 134 Å². The summed E-state index contributed by atoms with van der Waals surface area (Å²) in [6.45, 7) is 0. The van der Waals surface area contributed by atoms with Crippen LogP contribution in [0.2, 0.25) is 0 Å². The summed E-state index contributed by atoms with van der Waals surface area (Å²) < 4.78 is 0. The smallest absolute Gasteiger partial charge is 0.267 e. The number of aliphatic hydroxyl groups excluding tert-OH is 1. The number of hydrogen-bond acceptors (Lipinski definition) is 4. The van der Waals surface area contributed by atoms with Crippen LogP contribution in [0.15, 0.2) is 36.8 Å². The minimum atomic E-state index is -0.271. The number of rotatable bonds is 5. The number of carbonyl (C=O) groups is 1. The molecule has 0 aromatic carbocycles. The lowest BCUT2D eigenvalue weighted by Gasteiger charge is -2.38. The molecule has 6 heteroatoms. The summed E-state index contributed by atoms with van der Waals surface area (Å²) >= 11 is 0. The minimum absolute atomic E-state index is 0.0536. The van der Waals surface area contributed by atoms with Gasteiger partial charge in [0.1, 0.15) is 11.8 Å². The monoisotopic (exact) mass is 310 g/mol. The van der Waals surface area contributed by atoms with E-state index >= 15 is 0 Å². The summed E-state index contributed by atoms with van der Waals surface area (Å²) in [6.07, 6.45) is 6.79. The van der Waals surface area contributed by atoms with E-state index in [2.05, 4.69) is 15.3 Å². The molecule has 0 radical (unpaired) electrons. The molecule has 1 amide bonds. The van der Waals surface area contributed by atoms with Crippen molar-refractivity contribution in [2.24, 2.45) is 5.92 Å². The summed E-state index contributed by atoms with van der Waals surface area (Å²) in [7, 11) is 0. The van der Waals surface area contributed by atoms with Crippen LogP contribution in [0.25, 0.3) is 0 Å². The predicted molar refractivity (Wildman–Crippen MR) is 83.4 cm³/mol. The second-order valence-electron chi connectivity index (χ2n) is 5.94. The summed E-state index contributed by atoms with van der Waals surface area (Å²) in [5, 5.41) is 21.4. The highest BCUT2D eigenvalue weighted by atomic mass is 16.3. The van der Waals surface area contributed by atoms with Gasteiger partial charge in [-0.1, -0.05) is 0 Å². The lowest BCUT2D eigenvalue weighted by atomic mass is 9.75. The van der Waals surface area contributed by atoms with E-state index in [0.717, 1.165) is 5.56 Å². The van der Waals surface area contributed by atoms with Crippen molar-refractivity contribution < 1.29 is 9.90 Å². The van der Waals surface area contributed by atoms with Crippen LogP contribution in [0.5, 0.6) is 0 Å². The Morgan fingerprint density at radius 3 is 2.83 bits per heavy atom. The molecule has 0 bridgehead atoms. The largest absolute Gasteiger partial charge is 0.393 e. The summed E-state index contributed by atoms with van der Waals surface area (Å²) in [5.41, 5.74) is 1.90. The molecule has 1 saturated carbocycles. The fourth-order valence-corrected chi connectivity index (χ4v) is 2.90. The van der Waals surface area contributed by atoms with Gasteiger partial charge in [-0.05, 0) is 48.9 Å². The van der Waals surface area contributed by atoms with Crippen molar-refractivity contribution in [2.45, 2.75) is 31.4 Å². The van der Waals surface area contributed by atoms with E-state index in [4.69, 9.17) is 5.26 Å². The third-order valence-corrected chi connectivity index (χ3v) is 4.30. The first-order chi connectivity index (χ1) is 11.2. The van der Waals surface area contributed by atoms with E-state index in [1.165, 1.54) is 12.3 Å². The van der Waals surface area contributed by atoms with Crippen molar-refractivity contribution in [3.05, 3.63) is 53.6 Å².